The van der Waals surface area contributed by atoms with Crippen LogP contribution >= 0.6 is 0 Å². The molecule has 15 nitrogen and oxygen atoms in total. The number of hydrogen-bond acceptors (Lipinski definition) is 8. The van der Waals surface area contributed by atoms with Crippen LogP contribution in [0, 0.1) is 0 Å². The smallest absolute Gasteiger partial charge is 0.326 e. The summed E-state index contributed by atoms with van der Waals surface area (Å²) in [5.41, 5.74) is 17.8. The summed E-state index contributed by atoms with van der Waals surface area (Å²) in [5, 5.41) is 26.5. The molecule has 5 atom stereocenters. The molecular weight excluding hydrogens is 502 g/mol. The van der Waals surface area contributed by atoms with Crippen LogP contribution in [0.3, 0.4) is 0 Å². The lowest BCUT2D eigenvalue weighted by molar-refractivity contribution is -0.144. The van der Waals surface area contributed by atoms with Crippen LogP contribution in [-0.4, -0.2) is 81.0 Å². The van der Waals surface area contributed by atoms with Crippen molar-refractivity contribution in [2.45, 2.75) is 56.5 Å². The van der Waals surface area contributed by atoms with E-state index in [4.69, 9.17) is 17.2 Å². The number of nitrogens with two attached hydrogens (primary N) is 3. The fourth-order valence-electron chi connectivity index (χ4n) is 3.64. The van der Waals surface area contributed by atoms with E-state index in [0.717, 1.165) is 23.4 Å². The minimum absolute atomic E-state index is 0.0932. The molecule has 2 rings (SSSR count). The van der Waals surface area contributed by atoms with Crippen molar-refractivity contribution in [1.29, 1.82) is 0 Å². The third kappa shape index (κ3) is 8.28. The third-order valence-electron chi connectivity index (χ3n) is 5.57. The molecule has 2 aromatic rings. The highest BCUT2D eigenvalue weighted by molar-refractivity contribution is 5.97. The number of amides is 5. The highest BCUT2D eigenvalue weighted by atomic mass is 16.4. The van der Waals surface area contributed by atoms with Crippen molar-refractivity contribution in [3.05, 3.63) is 36.0 Å². The number of primary amides is 2. The van der Waals surface area contributed by atoms with Gasteiger partial charge in [-0.05, 0) is 25.0 Å². The number of carbonyl (C=O) groups is 6. The number of aromatic amines is 1. The summed E-state index contributed by atoms with van der Waals surface area (Å²) < 4.78 is 0. The Bertz CT molecular complexity index is 1210. The van der Waals surface area contributed by atoms with Crippen molar-refractivity contribution in [3.63, 3.8) is 0 Å². The number of carbonyl (C=O) groups excluding carboxylic acids is 5. The quantitative estimate of drug-likeness (QED) is 0.117. The fraction of sp³-hybridized carbons (Fsp3) is 0.391. The van der Waals surface area contributed by atoms with E-state index in [9.17, 15) is 39.0 Å². The molecule has 0 aliphatic rings. The summed E-state index contributed by atoms with van der Waals surface area (Å²) in [5.74, 6) is -6.55. The Morgan fingerprint density at radius 2 is 1.47 bits per heavy atom. The third-order valence-corrected chi connectivity index (χ3v) is 5.57. The zero-order valence-electron chi connectivity index (χ0n) is 20.5. The molecule has 1 aromatic heterocycles. The molecule has 38 heavy (non-hydrogen) atoms. The zero-order chi connectivity index (χ0) is 28.6. The van der Waals surface area contributed by atoms with Crippen LogP contribution in [0.5, 0.6) is 0 Å². The minimum Gasteiger partial charge on any atom is -0.480 e. The Morgan fingerprint density at radius 1 is 0.895 bits per heavy atom. The first-order valence-electron chi connectivity index (χ1n) is 11.5. The molecule has 12 N–H and O–H groups in total. The number of aliphatic carboxylic acids is 1. The monoisotopic (exact) mass is 533 g/mol. The SMILES string of the molecule is CC(O)C(NC(=O)C(CC(N)=O)NC(=O)C(N)Cc1c[nH]c2ccccc12)C(=O)NC(CC(N)=O)C(=O)O. The van der Waals surface area contributed by atoms with Gasteiger partial charge in [0.15, 0.2) is 0 Å². The number of carboxylic acids is 1. The van der Waals surface area contributed by atoms with Crippen LogP contribution in [0.15, 0.2) is 30.5 Å². The summed E-state index contributed by atoms with van der Waals surface area (Å²) in [4.78, 5) is 75.2. The van der Waals surface area contributed by atoms with E-state index in [-0.39, 0.29) is 6.42 Å². The molecule has 0 spiro atoms. The van der Waals surface area contributed by atoms with Gasteiger partial charge < -0.3 is 48.3 Å². The summed E-state index contributed by atoms with van der Waals surface area (Å²) in [6.45, 7) is 1.13. The minimum atomic E-state index is -1.72. The van der Waals surface area contributed by atoms with Crippen LogP contribution in [-0.2, 0) is 35.2 Å². The van der Waals surface area contributed by atoms with Crippen LogP contribution in [0.1, 0.15) is 25.3 Å². The lowest BCUT2D eigenvalue weighted by Gasteiger charge is -2.26. The highest BCUT2D eigenvalue weighted by Gasteiger charge is 2.33. The van der Waals surface area contributed by atoms with Gasteiger partial charge in [-0.3, -0.25) is 24.0 Å². The number of hydrogen-bond donors (Lipinski definition) is 9. The zero-order valence-corrected chi connectivity index (χ0v) is 20.5. The van der Waals surface area contributed by atoms with E-state index in [1.807, 2.05) is 29.6 Å². The molecule has 0 aliphatic heterocycles. The van der Waals surface area contributed by atoms with Crippen LogP contribution < -0.4 is 33.2 Å². The molecule has 1 heterocycles. The Labute approximate surface area is 216 Å². The lowest BCUT2D eigenvalue weighted by Crippen LogP contribution is -2.60. The average molecular weight is 534 g/mol. The number of aliphatic hydroxyl groups excluding tert-OH is 1. The van der Waals surface area contributed by atoms with Crippen molar-refractivity contribution in [1.82, 2.24) is 20.9 Å². The second-order valence-electron chi connectivity index (χ2n) is 8.70. The van der Waals surface area contributed by atoms with E-state index in [0.29, 0.717) is 0 Å². The van der Waals surface area contributed by atoms with Crippen molar-refractivity contribution < 1.29 is 39.0 Å². The van der Waals surface area contributed by atoms with Gasteiger partial charge in [0.1, 0.15) is 18.1 Å². The summed E-state index contributed by atoms with van der Waals surface area (Å²) >= 11 is 0. The molecule has 5 unspecified atom stereocenters. The van der Waals surface area contributed by atoms with Gasteiger partial charge in [0.2, 0.25) is 29.5 Å². The van der Waals surface area contributed by atoms with Gasteiger partial charge in [0.25, 0.3) is 0 Å². The number of H-pyrrole nitrogens is 1. The van der Waals surface area contributed by atoms with E-state index in [1.54, 1.807) is 6.20 Å². The first-order valence-corrected chi connectivity index (χ1v) is 11.5. The molecule has 206 valence electrons. The lowest BCUT2D eigenvalue weighted by atomic mass is 10.0. The van der Waals surface area contributed by atoms with Gasteiger partial charge in [0, 0.05) is 17.1 Å². The molecule has 1 aromatic carbocycles. The highest BCUT2D eigenvalue weighted by Crippen LogP contribution is 2.18. The van der Waals surface area contributed by atoms with Gasteiger partial charge in [-0.15, -0.1) is 0 Å². The summed E-state index contributed by atoms with van der Waals surface area (Å²) in [6.07, 6.45) is -1.16. The topological polar surface area (TPSA) is 273 Å². The van der Waals surface area contributed by atoms with Crippen LogP contribution in [0.25, 0.3) is 10.9 Å². The van der Waals surface area contributed by atoms with E-state index < -0.39 is 78.6 Å². The Kier molecular flexibility index (Phi) is 10.3. The Hall–Kier alpha value is -4.50. The van der Waals surface area contributed by atoms with Crippen molar-refractivity contribution in [3.8, 4) is 0 Å². The number of aromatic nitrogens is 1. The van der Waals surface area contributed by atoms with Crippen LogP contribution in [0.4, 0.5) is 0 Å². The van der Waals surface area contributed by atoms with Gasteiger partial charge in [-0.1, -0.05) is 18.2 Å². The number of benzene rings is 1. The first-order chi connectivity index (χ1) is 17.8. The van der Waals surface area contributed by atoms with Gasteiger partial charge in [0.05, 0.1) is 25.0 Å². The van der Waals surface area contributed by atoms with Crippen molar-refractivity contribution in [2.75, 3.05) is 0 Å². The van der Waals surface area contributed by atoms with Gasteiger partial charge >= 0.3 is 5.97 Å². The molecule has 15 heteroatoms. The van der Waals surface area contributed by atoms with E-state index >= 15 is 0 Å². The molecular formula is C23H31N7O8. The summed E-state index contributed by atoms with van der Waals surface area (Å²) in [6, 6.07) is 1.21. The number of nitrogens with one attached hydrogen (secondary N) is 4. The number of carboxylic acid groups (broad SMARTS) is 1. The molecule has 0 fully saturated rings. The molecule has 0 saturated carbocycles. The molecule has 5 amide bonds. The maximum Gasteiger partial charge on any atom is 0.326 e. The van der Waals surface area contributed by atoms with Crippen LogP contribution in [0.2, 0.25) is 0 Å². The van der Waals surface area contributed by atoms with Crippen molar-refractivity contribution in [2.24, 2.45) is 17.2 Å². The Morgan fingerprint density at radius 3 is 2.05 bits per heavy atom. The normalized spacial score (nSPS) is 14.9. The van der Waals surface area contributed by atoms with Gasteiger partial charge in [-0.2, -0.15) is 0 Å². The second kappa shape index (κ2) is 13.2. The molecule has 0 bridgehead atoms. The maximum atomic E-state index is 12.9. The Balaban J connectivity index is 2.12. The maximum absolute atomic E-state index is 12.9. The molecule has 0 radical (unpaired) electrons. The first kappa shape index (κ1) is 29.7. The second-order valence-corrected chi connectivity index (χ2v) is 8.70. The number of rotatable bonds is 14. The number of aliphatic hydroxyl groups is 1. The predicted octanol–water partition coefficient (Wildman–Crippen LogP) is -3.29. The molecule has 0 aliphatic carbocycles. The molecule has 0 saturated heterocycles. The van der Waals surface area contributed by atoms with Gasteiger partial charge in [-0.25, -0.2) is 4.79 Å². The standard InChI is InChI=1S/C23H31N7O8/c1-10(31)19(22(36)29-16(23(37)38)8-18(26)33)30-21(35)15(7-17(25)32)28-20(34)13(24)6-11-9-27-14-5-3-2-4-12(11)14/h2-5,9-10,13,15-16,19,27,31H,6-8,24H2,1H3,(H2,25,32)(H2,26,33)(H,28,34)(H,29,36)(H,30,35)(H,37,38). The largest absolute Gasteiger partial charge is 0.480 e. The number of fused-ring (bicyclic) bond motifs is 1. The summed E-state index contributed by atoms with van der Waals surface area (Å²) in [7, 11) is 0. The average Bonchev–Trinajstić information content (AvgIpc) is 3.23. The fourth-order valence-corrected chi connectivity index (χ4v) is 3.64. The van der Waals surface area contributed by atoms with E-state index in [1.165, 1.54) is 0 Å². The van der Waals surface area contributed by atoms with E-state index in [2.05, 4.69) is 15.6 Å². The van der Waals surface area contributed by atoms with Crippen molar-refractivity contribution >= 4 is 46.4 Å². The number of para-hydroxylation sites is 1. The predicted molar refractivity (Wildman–Crippen MR) is 133 cm³/mol.